The molecule has 0 aliphatic heterocycles. The molecular formula is C16H15ClO3. The minimum Gasteiger partial charge on any atom is -0.490 e. The molecule has 0 heterocycles. The van der Waals surface area contributed by atoms with E-state index in [-0.39, 0.29) is 0 Å². The summed E-state index contributed by atoms with van der Waals surface area (Å²) in [5, 5.41) is 0.653. The van der Waals surface area contributed by atoms with Gasteiger partial charge in [0.1, 0.15) is 6.61 Å². The first kappa shape index (κ1) is 14.4. The van der Waals surface area contributed by atoms with E-state index in [0.29, 0.717) is 35.3 Å². The second-order valence-corrected chi connectivity index (χ2v) is 4.58. The Morgan fingerprint density at radius 3 is 2.65 bits per heavy atom. The fourth-order valence-corrected chi connectivity index (χ4v) is 2.04. The number of para-hydroxylation sites is 1. The van der Waals surface area contributed by atoms with Crippen LogP contribution in [0.25, 0.3) is 0 Å². The number of ether oxygens (including phenoxy) is 2. The van der Waals surface area contributed by atoms with Crippen molar-refractivity contribution in [2.24, 2.45) is 0 Å². The summed E-state index contributed by atoms with van der Waals surface area (Å²) >= 11 is 5.93. The lowest BCUT2D eigenvalue weighted by molar-refractivity contribution is 0.111. The summed E-state index contributed by atoms with van der Waals surface area (Å²) in [5.74, 6) is 1.03. The molecule has 0 bridgehead atoms. The van der Waals surface area contributed by atoms with Gasteiger partial charge in [-0.2, -0.15) is 0 Å². The predicted molar refractivity (Wildman–Crippen MR) is 78.8 cm³/mol. The van der Waals surface area contributed by atoms with E-state index in [4.69, 9.17) is 21.1 Å². The zero-order chi connectivity index (χ0) is 14.4. The van der Waals surface area contributed by atoms with Crippen molar-refractivity contribution in [2.45, 2.75) is 13.5 Å². The van der Waals surface area contributed by atoms with E-state index in [0.717, 1.165) is 11.8 Å². The Bertz CT molecular complexity index is 596. The zero-order valence-corrected chi connectivity index (χ0v) is 11.9. The summed E-state index contributed by atoms with van der Waals surface area (Å²) in [6.07, 6.45) is 0.760. The number of hydrogen-bond donors (Lipinski definition) is 0. The van der Waals surface area contributed by atoms with E-state index in [1.807, 2.05) is 25.1 Å². The van der Waals surface area contributed by atoms with Gasteiger partial charge in [-0.05, 0) is 36.8 Å². The quantitative estimate of drug-likeness (QED) is 0.750. The molecule has 2 aromatic rings. The summed E-state index contributed by atoms with van der Waals surface area (Å²) in [6, 6.07) is 12.6. The molecule has 0 saturated heterocycles. The van der Waals surface area contributed by atoms with Crippen molar-refractivity contribution in [2.75, 3.05) is 6.61 Å². The van der Waals surface area contributed by atoms with Gasteiger partial charge in [0.2, 0.25) is 0 Å². The fraction of sp³-hybridized carbons (Fsp3) is 0.188. The van der Waals surface area contributed by atoms with E-state index < -0.39 is 0 Å². The van der Waals surface area contributed by atoms with Crippen LogP contribution in [0.1, 0.15) is 22.8 Å². The van der Waals surface area contributed by atoms with Crippen molar-refractivity contribution in [3.8, 4) is 11.5 Å². The molecule has 0 amide bonds. The maximum atomic E-state index is 11.1. The Kier molecular flexibility index (Phi) is 5.02. The van der Waals surface area contributed by atoms with Gasteiger partial charge in [-0.15, -0.1) is 0 Å². The van der Waals surface area contributed by atoms with Gasteiger partial charge in [-0.1, -0.05) is 29.8 Å². The first-order chi connectivity index (χ1) is 9.74. The molecule has 0 radical (unpaired) electrons. The molecule has 0 unspecified atom stereocenters. The minimum atomic E-state index is 0.325. The van der Waals surface area contributed by atoms with Gasteiger partial charge in [-0.25, -0.2) is 0 Å². The van der Waals surface area contributed by atoms with Crippen LogP contribution in [0, 0.1) is 0 Å². The van der Waals surface area contributed by atoms with E-state index in [2.05, 4.69) is 0 Å². The molecule has 4 heteroatoms. The molecule has 2 rings (SSSR count). The van der Waals surface area contributed by atoms with Crippen LogP contribution in [0.3, 0.4) is 0 Å². The molecule has 0 aromatic heterocycles. The second-order valence-electron chi connectivity index (χ2n) is 4.14. The molecule has 0 aliphatic carbocycles. The van der Waals surface area contributed by atoms with E-state index in [9.17, 15) is 4.79 Å². The number of carbonyl (C=O) groups excluding carboxylic acids is 1. The molecule has 3 nitrogen and oxygen atoms in total. The topological polar surface area (TPSA) is 35.5 Å². The number of carbonyl (C=O) groups is 1. The monoisotopic (exact) mass is 290 g/mol. The predicted octanol–water partition coefficient (Wildman–Crippen LogP) is 4.13. The van der Waals surface area contributed by atoms with Crippen LogP contribution in [-0.2, 0) is 6.61 Å². The van der Waals surface area contributed by atoms with Gasteiger partial charge in [0.05, 0.1) is 12.2 Å². The van der Waals surface area contributed by atoms with E-state index in [1.165, 1.54) is 0 Å². The molecule has 104 valence electrons. The summed E-state index contributed by atoms with van der Waals surface area (Å²) in [7, 11) is 0. The molecule has 0 atom stereocenters. The lowest BCUT2D eigenvalue weighted by Gasteiger charge is -2.13. The van der Waals surface area contributed by atoms with Crippen molar-refractivity contribution in [3.05, 3.63) is 58.6 Å². The lowest BCUT2D eigenvalue weighted by Crippen LogP contribution is -2.02. The Labute approximate surface area is 123 Å². The second kappa shape index (κ2) is 6.96. The van der Waals surface area contributed by atoms with Crippen LogP contribution in [0.4, 0.5) is 0 Å². The molecule has 0 saturated carbocycles. The molecular weight excluding hydrogens is 276 g/mol. The van der Waals surface area contributed by atoms with Crippen molar-refractivity contribution >= 4 is 17.9 Å². The van der Waals surface area contributed by atoms with Gasteiger partial charge in [0.25, 0.3) is 0 Å². The third-order valence-electron chi connectivity index (χ3n) is 2.71. The normalized spacial score (nSPS) is 10.1. The van der Waals surface area contributed by atoms with Gasteiger partial charge in [0, 0.05) is 5.02 Å². The summed E-state index contributed by atoms with van der Waals surface area (Å²) in [4.78, 5) is 11.1. The third-order valence-corrected chi connectivity index (χ3v) is 2.94. The Morgan fingerprint density at radius 2 is 1.95 bits per heavy atom. The SMILES string of the molecule is CCOc1cccc(C=O)c1OCc1cccc(Cl)c1. The molecule has 0 aliphatic rings. The van der Waals surface area contributed by atoms with Crippen LogP contribution in [-0.4, -0.2) is 12.9 Å². The van der Waals surface area contributed by atoms with E-state index >= 15 is 0 Å². The van der Waals surface area contributed by atoms with Gasteiger partial charge in [0.15, 0.2) is 17.8 Å². The fourth-order valence-electron chi connectivity index (χ4n) is 1.83. The van der Waals surface area contributed by atoms with Gasteiger partial charge >= 0.3 is 0 Å². The average molecular weight is 291 g/mol. The van der Waals surface area contributed by atoms with Crippen molar-refractivity contribution in [1.82, 2.24) is 0 Å². The van der Waals surface area contributed by atoms with Crippen LogP contribution in [0.5, 0.6) is 11.5 Å². The highest BCUT2D eigenvalue weighted by atomic mass is 35.5. The van der Waals surface area contributed by atoms with Crippen LogP contribution >= 0.6 is 11.6 Å². The van der Waals surface area contributed by atoms with Gasteiger partial charge in [-0.3, -0.25) is 4.79 Å². The van der Waals surface area contributed by atoms with Crippen molar-refractivity contribution in [1.29, 1.82) is 0 Å². The van der Waals surface area contributed by atoms with Gasteiger partial charge < -0.3 is 9.47 Å². The van der Waals surface area contributed by atoms with Crippen LogP contribution < -0.4 is 9.47 Å². The Morgan fingerprint density at radius 1 is 1.15 bits per heavy atom. The number of hydrogen-bond acceptors (Lipinski definition) is 3. The summed E-state index contributed by atoms with van der Waals surface area (Å²) in [6.45, 7) is 2.72. The zero-order valence-electron chi connectivity index (χ0n) is 11.1. The minimum absolute atomic E-state index is 0.325. The number of benzene rings is 2. The smallest absolute Gasteiger partial charge is 0.172 e. The number of halogens is 1. The highest BCUT2D eigenvalue weighted by Crippen LogP contribution is 2.31. The summed E-state index contributed by atoms with van der Waals surface area (Å²) in [5.41, 5.74) is 1.40. The largest absolute Gasteiger partial charge is 0.490 e. The Balaban J connectivity index is 2.21. The average Bonchev–Trinajstić information content (AvgIpc) is 2.46. The summed E-state index contributed by atoms with van der Waals surface area (Å²) < 4.78 is 11.2. The molecule has 2 aromatic carbocycles. The molecule has 0 fully saturated rings. The number of rotatable bonds is 6. The standard InChI is InChI=1S/C16H15ClO3/c1-2-19-15-8-4-6-13(10-18)16(15)20-11-12-5-3-7-14(17)9-12/h3-10H,2,11H2,1H3. The van der Waals surface area contributed by atoms with E-state index in [1.54, 1.807) is 24.3 Å². The number of aldehydes is 1. The highest BCUT2D eigenvalue weighted by molar-refractivity contribution is 6.30. The lowest BCUT2D eigenvalue weighted by atomic mass is 10.2. The van der Waals surface area contributed by atoms with Crippen molar-refractivity contribution < 1.29 is 14.3 Å². The van der Waals surface area contributed by atoms with Crippen LogP contribution in [0.15, 0.2) is 42.5 Å². The molecule has 20 heavy (non-hydrogen) atoms. The Hall–Kier alpha value is -2.00. The third kappa shape index (κ3) is 3.52. The van der Waals surface area contributed by atoms with Crippen LogP contribution in [0.2, 0.25) is 5.02 Å². The first-order valence-electron chi connectivity index (χ1n) is 6.33. The van der Waals surface area contributed by atoms with Crippen molar-refractivity contribution in [3.63, 3.8) is 0 Å². The molecule has 0 N–H and O–H groups in total. The maximum Gasteiger partial charge on any atom is 0.172 e. The highest BCUT2D eigenvalue weighted by Gasteiger charge is 2.10. The maximum absolute atomic E-state index is 11.1. The molecule has 0 spiro atoms. The first-order valence-corrected chi connectivity index (χ1v) is 6.70.